The summed E-state index contributed by atoms with van der Waals surface area (Å²) in [4.78, 5) is 31.9. The number of urea groups is 1. The van der Waals surface area contributed by atoms with Crippen molar-refractivity contribution in [2.24, 2.45) is 12.5 Å². The number of carbonyl (C=O) groups excluding carboxylic acids is 2. The highest BCUT2D eigenvalue weighted by Crippen LogP contribution is 2.26. The molecule has 4 rings (SSSR count). The van der Waals surface area contributed by atoms with Crippen LogP contribution in [0.5, 0.6) is 11.5 Å². The molecule has 3 aromatic heterocycles. The summed E-state index contributed by atoms with van der Waals surface area (Å²) < 4.78 is 12.8. The number of nitrogens with one attached hydrogen (secondary N) is 2. The summed E-state index contributed by atoms with van der Waals surface area (Å²) in [5.74, 6) is 1.47. The topological polar surface area (TPSA) is 120 Å². The quantitative estimate of drug-likeness (QED) is 0.561. The number of aromatic nitrogens is 4. The largest absolute Gasteiger partial charge is 0.456 e. The molecule has 1 aliphatic heterocycles. The van der Waals surface area contributed by atoms with Gasteiger partial charge >= 0.3 is 6.03 Å². The van der Waals surface area contributed by atoms with Gasteiger partial charge < -0.3 is 19.6 Å². The van der Waals surface area contributed by atoms with E-state index in [9.17, 15) is 9.59 Å². The molecule has 31 heavy (non-hydrogen) atoms. The van der Waals surface area contributed by atoms with Crippen LogP contribution in [0.15, 0.2) is 49.1 Å². The van der Waals surface area contributed by atoms with Gasteiger partial charge in [0.2, 0.25) is 0 Å². The van der Waals surface area contributed by atoms with Crippen LogP contribution in [-0.4, -0.2) is 51.8 Å². The fraction of sp³-hybridized carbons (Fsp3) is 0.286. The van der Waals surface area contributed by atoms with E-state index < -0.39 is 11.4 Å². The van der Waals surface area contributed by atoms with Crippen molar-refractivity contribution >= 4 is 18.1 Å². The van der Waals surface area contributed by atoms with Gasteiger partial charge in [-0.05, 0) is 24.6 Å². The first kappa shape index (κ1) is 20.5. The average Bonchev–Trinajstić information content (AvgIpc) is 3.44. The van der Waals surface area contributed by atoms with E-state index in [1.54, 1.807) is 35.3 Å². The Morgan fingerprint density at radius 3 is 2.87 bits per heavy atom. The maximum absolute atomic E-state index is 12.1. The number of aryl methyl sites for hydroxylation is 1. The Kier molecular flexibility index (Phi) is 5.89. The van der Waals surface area contributed by atoms with Crippen LogP contribution < -0.4 is 15.4 Å². The highest BCUT2D eigenvalue weighted by molar-refractivity contribution is 5.88. The van der Waals surface area contributed by atoms with Gasteiger partial charge in [0.05, 0.1) is 30.1 Å². The normalized spacial score (nSPS) is 17.8. The summed E-state index contributed by atoms with van der Waals surface area (Å²) >= 11 is 0. The van der Waals surface area contributed by atoms with Crippen LogP contribution in [0.25, 0.3) is 11.3 Å². The Bertz CT molecular complexity index is 1060. The zero-order chi connectivity index (χ0) is 21.7. The van der Waals surface area contributed by atoms with Gasteiger partial charge in [0.1, 0.15) is 23.6 Å². The monoisotopic (exact) mass is 422 g/mol. The standard InChI is InChI=1S/C21H22N6O4/c1-27-11-15(9-25-27)18-8-16(4-6-22-18)31-17-2-3-19(23-10-17)26-20(29)24-12-21(13-28)5-7-30-14-21/h2-4,6,8-11,13H,5,7,12,14H2,1H3,(H2,23,24,26,29). The van der Waals surface area contributed by atoms with Gasteiger partial charge in [0.25, 0.3) is 0 Å². The summed E-state index contributed by atoms with van der Waals surface area (Å²) in [6.45, 7) is 1.05. The zero-order valence-corrected chi connectivity index (χ0v) is 16.9. The van der Waals surface area contributed by atoms with Gasteiger partial charge in [0.15, 0.2) is 0 Å². The highest BCUT2D eigenvalue weighted by Gasteiger charge is 2.35. The van der Waals surface area contributed by atoms with E-state index in [2.05, 4.69) is 25.7 Å². The van der Waals surface area contributed by atoms with Crippen LogP contribution in [0.3, 0.4) is 0 Å². The minimum atomic E-state index is -0.651. The number of pyridine rings is 2. The van der Waals surface area contributed by atoms with Crippen molar-refractivity contribution in [3.8, 4) is 22.8 Å². The fourth-order valence-electron chi connectivity index (χ4n) is 3.15. The third kappa shape index (κ3) is 5.04. The zero-order valence-electron chi connectivity index (χ0n) is 16.9. The number of hydrogen-bond acceptors (Lipinski definition) is 7. The molecule has 0 spiro atoms. The molecule has 1 atom stereocenters. The minimum Gasteiger partial charge on any atom is -0.456 e. The smallest absolute Gasteiger partial charge is 0.320 e. The molecular formula is C21H22N6O4. The maximum atomic E-state index is 12.1. The summed E-state index contributed by atoms with van der Waals surface area (Å²) in [6.07, 6.45) is 8.22. The Hall–Kier alpha value is -3.79. The Morgan fingerprint density at radius 1 is 1.29 bits per heavy atom. The van der Waals surface area contributed by atoms with Gasteiger partial charge in [-0.2, -0.15) is 5.10 Å². The van der Waals surface area contributed by atoms with Crippen LogP contribution in [0.4, 0.5) is 10.6 Å². The lowest BCUT2D eigenvalue weighted by atomic mass is 9.89. The lowest BCUT2D eigenvalue weighted by molar-refractivity contribution is -0.115. The summed E-state index contributed by atoms with van der Waals surface area (Å²) in [7, 11) is 1.84. The second-order valence-electron chi connectivity index (χ2n) is 7.35. The van der Waals surface area contributed by atoms with Crippen molar-refractivity contribution in [2.75, 3.05) is 25.1 Å². The molecule has 10 nitrogen and oxygen atoms in total. The number of carbonyl (C=O) groups is 2. The number of anilines is 1. The van der Waals surface area contributed by atoms with Crippen molar-refractivity contribution in [3.63, 3.8) is 0 Å². The molecule has 3 aromatic rings. The van der Waals surface area contributed by atoms with Gasteiger partial charge in [0, 0.05) is 44.2 Å². The van der Waals surface area contributed by atoms with Crippen molar-refractivity contribution in [3.05, 3.63) is 49.1 Å². The fourth-order valence-corrected chi connectivity index (χ4v) is 3.15. The summed E-state index contributed by atoms with van der Waals surface area (Å²) in [5.41, 5.74) is 0.980. The average molecular weight is 422 g/mol. The predicted molar refractivity (Wildman–Crippen MR) is 112 cm³/mol. The molecular weight excluding hydrogens is 400 g/mol. The van der Waals surface area contributed by atoms with E-state index in [0.29, 0.717) is 37.0 Å². The number of amides is 2. The van der Waals surface area contributed by atoms with Crippen molar-refractivity contribution in [1.82, 2.24) is 25.1 Å². The number of hydrogen-bond donors (Lipinski definition) is 2. The van der Waals surface area contributed by atoms with Crippen LogP contribution in [0.1, 0.15) is 6.42 Å². The second kappa shape index (κ2) is 8.92. The van der Waals surface area contributed by atoms with E-state index in [4.69, 9.17) is 9.47 Å². The molecule has 0 radical (unpaired) electrons. The second-order valence-corrected chi connectivity index (χ2v) is 7.35. The highest BCUT2D eigenvalue weighted by atomic mass is 16.5. The van der Waals surface area contributed by atoms with Crippen LogP contribution in [-0.2, 0) is 16.6 Å². The van der Waals surface area contributed by atoms with Crippen molar-refractivity contribution < 1.29 is 19.1 Å². The van der Waals surface area contributed by atoms with Gasteiger partial charge in [-0.3, -0.25) is 15.0 Å². The molecule has 1 unspecified atom stereocenters. The molecule has 0 saturated carbocycles. The molecule has 2 amide bonds. The first-order valence-electron chi connectivity index (χ1n) is 9.73. The Balaban J connectivity index is 1.33. The molecule has 0 aliphatic carbocycles. The maximum Gasteiger partial charge on any atom is 0.320 e. The lowest BCUT2D eigenvalue weighted by Gasteiger charge is -2.20. The molecule has 1 saturated heterocycles. The summed E-state index contributed by atoms with van der Waals surface area (Å²) in [6, 6.07) is 6.45. The molecule has 1 aliphatic rings. The summed E-state index contributed by atoms with van der Waals surface area (Å²) in [5, 5.41) is 9.48. The van der Waals surface area contributed by atoms with E-state index in [-0.39, 0.29) is 6.54 Å². The van der Waals surface area contributed by atoms with E-state index in [1.807, 2.05) is 19.3 Å². The van der Waals surface area contributed by atoms with Gasteiger partial charge in [-0.1, -0.05) is 0 Å². The number of nitrogens with zero attached hydrogens (tertiary/aromatic N) is 4. The molecule has 2 N–H and O–H groups in total. The van der Waals surface area contributed by atoms with Gasteiger partial charge in [-0.25, -0.2) is 9.78 Å². The van der Waals surface area contributed by atoms with Crippen molar-refractivity contribution in [1.29, 1.82) is 0 Å². The lowest BCUT2D eigenvalue weighted by Crippen LogP contribution is -2.41. The van der Waals surface area contributed by atoms with Gasteiger partial charge in [-0.15, -0.1) is 0 Å². The molecule has 1 fully saturated rings. The Morgan fingerprint density at radius 2 is 2.19 bits per heavy atom. The third-order valence-electron chi connectivity index (χ3n) is 4.93. The number of aldehydes is 1. The molecule has 0 aromatic carbocycles. The van der Waals surface area contributed by atoms with E-state index in [1.165, 1.54) is 6.20 Å². The first-order chi connectivity index (χ1) is 15.0. The van der Waals surface area contributed by atoms with E-state index in [0.717, 1.165) is 17.5 Å². The third-order valence-corrected chi connectivity index (χ3v) is 4.93. The van der Waals surface area contributed by atoms with E-state index >= 15 is 0 Å². The SMILES string of the molecule is Cn1cc(-c2cc(Oc3ccc(NC(=O)NCC4(C=O)CCOC4)nc3)ccn2)cn1. The molecule has 0 bridgehead atoms. The van der Waals surface area contributed by atoms with Crippen molar-refractivity contribution in [2.45, 2.75) is 6.42 Å². The first-order valence-corrected chi connectivity index (χ1v) is 9.73. The van der Waals surface area contributed by atoms with Crippen LogP contribution in [0.2, 0.25) is 0 Å². The van der Waals surface area contributed by atoms with Crippen LogP contribution in [0, 0.1) is 5.41 Å². The van der Waals surface area contributed by atoms with Crippen LogP contribution >= 0.6 is 0 Å². The number of ether oxygens (including phenoxy) is 2. The Labute approximate surface area is 178 Å². The minimum absolute atomic E-state index is 0.213. The molecule has 160 valence electrons. The predicted octanol–water partition coefficient (Wildman–Crippen LogP) is 2.40. The molecule has 10 heteroatoms. The molecule has 4 heterocycles. The number of rotatable bonds is 7.